The zero-order chi connectivity index (χ0) is 10.8. The van der Waals surface area contributed by atoms with Crippen LogP contribution in [0.5, 0.6) is 0 Å². The van der Waals surface area contributed by atoms with E-state index < -0.39 is 0 Å². The molecule has 0 unspecified atom stereocenters. The highest BCUT2D eigenvalue weighted by atomic mass is 16.3. The topological polar surface area (TPSA) is 37.5 Å². The normalized spacial score (nSPS) is 11.1. The van der Waals surface area contributed by atoms with E-state index in [-0.39, 0.29) is 6.61 Å². The molecule has 2 heterocycles. The highest BCUT2D eigenvalue weighted by Gasteiger charge is 2.08. The summed E-state index contributed by atoms with van der Waals surface area (Å²) in [5.74, 6) is 1.02. The van der Waals surface area contributed by atoms with Crippen LogP contribution in [0.15, 0.2) is 18.3 Å². The van der Waals surface area contributed by atoms with Gasteiger partial charge in [0, 0.05) is 12.6 Å². The van der Waals surface area contributed by atoms with Gasteiger partial charge < -0.3 is 9.51 Å². The Kier molecular flexibility index (Phi) is 2.73. The van der Waals surface area contributed by atoms with E-state index in [1.807, 2.05) is 6.07 Å². The fourth-order valence-corrected chi connectivity index (χ4v) is 1.84. The predicted octanol–water partition coefficient (Wildman–Crippen LogP) is 1.95. The first kappa shape index (κ1) is 10.2. The molecular weight excluding hydrogens is 188 g/mol. The fourth-order valence-electron chi connectivity index (χ4n) is 1.84. The highest BCUT2D eigenvalue weighted by Crippen LogP contribution is 2.15. The van der Waals surface area contributed by atoms with Crippen molar-refractivity contribution in [1.29, 1.82) is 0 Å². The average molecular weight is 204 g/mol. The number of pyridine rings is 1. The molecule has 0 bridgehead atoms. The second kappa shape index (κ2) is 4.03. The van der Waals surface area contributed by atoms with Crippen molar-refractivity contribution in [3.05, 3.63) is 35.4 Å². The van der Waals surface area contributed by atoms with Crippen molar-refractivity contribution >= 4 is 5.52 Å². The lowest BCUT2D eigenvalue weighted by Gasteiger charge is -2.01. The van der Waals surface area contributed by atoms with Gasteiger partial charge in [-0.15, -0.1) is 0 Å². The molecule has 2 aromatic heterocycles. The molecule has 0 saturated heterocycles. The molecule has 15 heavy (non-hydrogen) atoms. The van der Waals surface area contributed by atoms with Crippen LogP contribution in [0.25, 0.3) is 5.52 Å². The molecule has 2 rings (SSSR count). The number of hydrogen-bond donors (Lipinski definition) is 1. The average Bonchev–Trinajstić information content (AvgIpc) is 2.65. The van der Waals surface area contributed by atoms with Gasteiger partial charge in [-0.05, 0) is 18.1 Å². The van der Waals surface area contributed by atoms with Crippen LogP contribution in [0.4, 0.5) is 0 Å². The third kappa shape index (κ3) is 1.63. The third-order valence-corrected chi connectivity index (χ3v) is 2.72. The van der Waals surface area contributed by atoms with Crippen molar-refractivity contribution in [3.63, 3.8) is 0 Å². The molecule has 0 atom stereocenters. The van der Waals surface area contributed by atoms with E-state index in [1.165, 1.54) is 5.56 Å². The number of rotatable bonds is 3. The summed E-state index contributed by atoms with van der Waals surface area (Å²) < 4.78 is 2.09. The first-order valence-corrected chi connectivity index (χ1v) is 5.39. The second-order valence-corrected chi connectivity index (χ2v) is 3.63. The number of aliphatic hydroxyl groups is 1. The van der Waals surface area contributed by atoms with Gasteiger partial charge in [0.2, 0.25) is 0 Å². The molecule has 0 aromatic carbocycles. The molecule has 1 N–H and O–H groups in total. The highest BCUT2D eigenvalue weighted by molar-refractivity contribution is 5.53. The molecule has 0 radical (unpaired) electrons. The van der Waals surface area contributed by atoms with Crippen molar-refractivity contribution < 1.29 is 5.11 Å². The standard InChI is InChI=1S/C12H16N2O/c1-3-9-5-6-11-10(8-15)13-12(4-2)14(11)7-9/h5-7,15H,3-4,8H2,1-2H3. The molecule has 0 spiro atoms. The van der Waals surface area contributed by atoms with Gasteiger partial charge in [0.1, 0.15) is 5.82 Å². The Bertz CT molecular complexity index is 474. The van der Waals surface area contributed by atoms with Gasteiger partial charge in [-0.3, -0.25) is 0 Å². The van der Waals surface area contributed by atoms with Gasteiger partial charge in [-0.2, -0.15) is 0 Å². The summed E-state index contributed by atoms with van der Waals surface area (Å²) >= 11 is 0. The summed E-state index contributed by atoms with van der Waals surface area (Å²) in [6.45, 7) is 4.22. The monoisotopic (exact) mass is 204 g/mol. The maximum Gasteiger partial charge on any atom is 0.113 e. The molecule has 3 heteroatoms. The Balaban J connectivity index is 2.68. The summed E-state index contributed by atoms with van der Waals surface area (Å²) in [5, 5.41) is 9.20. The maximum absolute atomic E-state index is 9.20. The van der Waals surface area contributed by atoms with E-state index in [4.69, 9.17) is 0 Å². The van der Waals surface area contributed by atoms with E-state index in [2.05, 4.69) is 35.5 Å². The molecule has 0 aliphatic rings. The summed E-state index contributed by atoms with van der Waals surface area (Å²) in [4.78, 5) is 4.41. The Labute approximate surface area is 89.4 Å². The summed E-state index contributed by atoms with van der Waals surface area (Å²) in [6.07, 6.45) is 4.01. The minimum Gasteiger partial charge on any atom is -0.390 e. The minimum atomic E-state index is 0.00890. The quantitative estimate of drug-likeness (QED) is 0.829. The summed E-state index contributed by atoms with van der Waals surface area (Å²) in [6, 6.07) is 4.13. The van der Waals surface area contributed by atoms with Crippen LogP contribution >= 0.6 is 0 Å². The zero-order valence-corrected chi connectivity index (χ0v) is 9.20. The smallest absolute Gasteiger partial charge is 0.113 e. The first-order valence-electron chi connectivity index (χ1n) is 5.39. The van der Waals surface area contributed by atoms with E-state index in [0.717, 1.165) is 29.9 Å². The summed E-state index contributed by atoms with van der Waals surface area (Å²) in [7, 11) is 0. The van der Waals surface area contributed by atoms with Crippen LogP contribution in [0.2, 0.25) is 0 Å². The van der Waals surface area contributed by atoms with Gasteiger partial charge in [0.25, 0.3) is 0 Å². The van der Waals surface area contributed by atoms with E-state index in [9.17, 15) is 5.11 Å². The number of hydrogen-bond acceptors (Lipinski definition) is 2. The number of fused-ring (bicyclic) bond motifs is 1. The van der Waals surface area contributed by atoms with Crippen molar-refractivity contribution in [2.45, 2.75) is 33.3 Å². The fraction of sp³-hybridized carbons (Fsp3) is 0.417. The van der Waals surface area contributed by atoms with Crippen LogP contribution in [0.1, 0.15) is 30.9 Å². The third-order valence-electron chi connectivity index (χ3n) is 2.72. The molecule has 3 nitrogen and oxygen atoms in total. The van der Waals surface area contributed by atoms with Crippen LogP contribution in [-0.2, 0) is 19.4 Å². The van der Waals surface area contributed by atoms with Gasteiger partial charge in [0.05, 0.1) is 17.8 Å². The lowest BCUT2D eigenvalue weighted by molar-refractivity contribution is 0.279. The van der Waals surface area contributed by atoms with Crippen LogP contribution in [0, 0.1) is 0 Å². The Morgan fingerprint density at radius 1 is 1.27 bits per heavy atom. The number of aliphatic hydroxyl groups excluding tert-OH is 1. The maximum atomic E-state index is 9.20. The zero-order valence-electron chi connectivity index (χ0n) is 9.20. The molecule has 0 amide bonds. The summed E-state index contributed by atoms with van der Waals surface area (Å²) in [5.41, 5.74) is 3.08. The lowest BCUT2D eigenvalue weighted by atomic mass is 10.2. The van der Waals surface area contributed by atoms with Gasteiger partial charge in [0.15, 0.2) is 0 Å². The Morgan fingerprint density at radius 3 is 2.67 bits per heavy atom. The Hall–Kier alpha value is -1.35. The van der Waals surface area contributed by atoms with E-state index in [0.29, 0.717) is 0 Å². The minimum absolute atomic E-state index is 0.00890. The number of aryl methyl sites for hydroxylation is 2. The Morgan fingerprint density at radius 2 is 2.07 bits per heavy atom. The van der Waals surface area contributed by atoms with Gasteiger partial charge in [-0.25, -0.2) is 4.98 Å². The largest absolute Gasteiger partial charge is 0.390 e. The van der Waals surface area contributed by atoms with Crippen LogP contribution < -0.4 is 0 Å². The number of aromatic nitrogens is 2. The predicted molar refractivity (Wildman–Crippen MR) is 59.9 cm³/mol. The van der Waals surface area contributed by atoms with Crippen LogP contribution in [0.3, 0.4) is 0 Å². The number of nitrogens with zero attached hydrogens (tertiary/aromatic N) is 2. The van der Waals surface area contributed by atoms with Crippen molar-refractivity contribution in [1.82, 2.24) is 9.38 Å². The van der Waals surface area contributed by atoms with Gasteiger partial charge in [-0.1, -0.05) is 19.9 Å². The molecular formula is C12H16N2O. The molecule has 0 fully saturated rings. The van der Waals surface area contributed by atoms with E-state index in [1.54, 1.807) is 0 Å². The van der Waals surface area contributed by atoms with E-state index >= 15 is 0 Å². The van der Waals surface area contributed by atoms with Crippen molar-refractivity contribution in [2.24, 2.45) is 0 Å². The first-order chi connectivity index (χ1) is 7.30. The molecule has 0 aliphatic carbocycles. The number of imidazole rings is 1. The van der Waals surface area contributed by atoms with Crippen LogP contribution in [-0.4, -0.2) is 14.5 Å². The SMILES string of the molecule is CCc1ccc2c(CO)nc(CC)n2c1. The van der Waals surface area contributed by atoms with Crippen molar-refractivity contribution in [3.8, 4) is 0 Å². The molecule has 0 aliphatic heterocycles. The molecule has 0 saturated carbocycles. The molecule has 80 valence electrons. The van der Waals surface area contributed by atoms with Crippen molar-refractivity contribution in [2.75, 3.05) is 0 Å². The molecule has 2 aromatic rings. The lowest BCUT2D eigenvalue weighted by Crippen LogP contribution is -1.93. The second-order valence-electron chi connectivity index (χ2n) is 3.63. The van der Waals surface area contributed by atoms with Gasteiger partial charge >= 0.3 is 0 Å².